The number of halogens is 1. The predicted octanol–water partition coefficient (Wildman–Crippen LogP) is 3.13. The van der Waals surface area contributed by atoms with Gasteiger partial charge in [0.25, 0.3) is 0 Å². The lowest BCUT2D eigenvalue weighted by molar-refractivity contribution is 0.0702. The third kappa shape index (κ3) is 3.00. The highest BCUT2D eigenvalue weighted by molar-refractivity contribution is 7.13. The summed E-state index contributed by atoms with van der Waals surface area (Å²) in [6, 6.07) is 5.26. The lowest BCUT2D eigenvalue weighted by Crippen LogP contribution is -2.15. The zero-order valence-corrected chi connectivity index (χ0v) is 11.2. The van der Waals surface area contributed by atoms with Crippen molar-refractivity contribution in [2.45, 2.75) is 6.54 Å². The van der Waals surface area contributed by atoms with Crippen LogP contribution in [0, 0.1) is 0 Å². The van der Waals surface area contributed by atoms with Crippen molar-refractivity contribution in [2.24, 2.45) is 0 Å². The molecule has 0 spiro atoms. The van der Waals surface area contributed by atoms with Crippen LogP contribution in [0.25, 0.3) is 0 Å². The summed E-state index contributed by atoms with van der Waals surface area (Å²) in [4.78, 5) is 18.1. The zero-order chi connectivity index (χ0) is 13.1. The van der Waals surface area contributed by atoms with Crippen LogP contribution in [-0.4, -0.2) is 23.1 Å². The van der Waals surface area contributed by atoms with Crippen LogP contribution in [-0.2, 0) is 6.54 Å². The van der Waals surface area contributed by atoms with E-state index >= 15 is 0 Å². The molecule has 0 fully saturated rings. The summed E-state index contributed by atoms with van der Waals surface area (Å²) in [7, 11) is 1.91. The quantitative estimate of drug-likeness (QED) is 0.936. The number of carbonyl (C=O) groups is 1. The molecule has 0 bridgehead atoms. The van der Waals surface area contributed by atoms with Crippen molar-refractivity contribution in [1.29, 1.82) is 0 Å². The van der Waals surface area contributed by atoms with Gasteiger partial charge < -0.3 is 10.0 Å². The molecule has 4 nitrogen and oxygen atoms in total. The topological polar surface area (TPSA) is 53.4 Å². The van der Waals surface area contributed by atoms with Crippen molar-refractivity contribution in [1.82, 2.24) is 4.98 Å². The Balaban J connectivity index is 2.11. The van der Waals surface area contributed by atoms with Crippen LogP contribution in [0.2, 0.25) is 5.02 Å². The number of aromatic nitrogens is 1. The van der Waals surface area contributed by atoms with Gasteiger partial charge in [-0.2, -0.15) is 0 Å². The van der Waals surface area contributed by atoms with E-state index in [9.17, 15) is 4.79 Å². The molecule has 6 heteroatoms. The molecule has 2 aromatic rings. The number of aromatic carboxylic acids is 1. The average molecular weight is 283 g/mol. The molecule has 0 amide bonds. The zero-order valence-electron chi connectivity index (χ0n) is 9.63. The summed E-state index contributed by atoms with van der Waals surface area (Å²) in [6.45, 7) is 0.625. The minimum atomic E-state index is -0.890. The lowest BCUT2D eigenvalue weighted by Gasteiger charge is -2.17. The molecule has 18 heavy (non-hydrogen) atoms. The van der Waals surface area contributed by atoms with Crippen LogP contribution in [0.5, 0.6) is 0 Å². The first-order valence-electron chi connectivity index (χ1n) is 5.20. The number of nitrogens with zero attached hydrogens (tertiary/aromatic N) is 2. The highest BCUT2D eigenvalue weighted by Crippen LogP contribution is 2.22. The molecule has 0 radical (unpaired) electrons. The number of rotatable bonds is 4. The molecule has 1 N–H and O–H groups in total. The molecule has 0 saturated heterocycles. The summed E-state index contributed by atoms with van der Waals surface area (Å²) in [5, 5.41) is 9.44. The fourth-order valence-electron chi connectivity index (χ4n) is 1.51. The van der Waals surface area contributed by atoms with Gasteiger partial charge in [0, 0.05) is 18.1 Å². The first-order chi connectivity index (χ1) is 8.56. The van der Waals surface area contributed by atoms with Crippen LogP contribution >= 0.6 is 22.9 Å². The van der Waals surface area contributed by atoms with E-state index in [-0.39, 0.29) is 0 Å². The van der Waals surface area contributed by atoms with E-state index in [1.54, 1.807) is 18.5 Å². The maximum Gasteiger partial charge on any atom is 0.345 e. The molecule has 0 atom stereocenters. The van der Waals surface area contributed by atoms with Gasteiger partial charge in [0.1, 0.15) is 4.88 Å². The Hall–Kier alpha value is -1.59. The van der Waals surface area contributed by atoms with Crippen molar-refractivity contribution >= 4 is 34.6 Å². The van der Waals surface area contributed by atoms with Crippen LogP contribution in [0.3, 0.4) is 0 Å². The largest absolute Gasteiger partial charge is 0.477 e. The van der Waals surface area contributed by atoms with Crippen molar-refractivity contribution in [3.63, 3.8) is 0 Å². The van der Waals surface area contributed by atoms with Crippen LogP contribution in [0.1, 0.15) is 14.5 Å². The summed E-state index contributed by atoms with van der Waals surface area (Å²) < 4.78 is 0. The van der Waals surface area contributed by atoms with Gasteiger partial charge in [0.15, 0.2) is 0 Å². The maximum atomic E-state index is 10.8. The molecule has 0 unspecified atom stereocenters. The Morgan fingerprint density at radius 1 is 1.50 bits per heavy atom. The van der Waals surface area contributed by atoms with Gasteiger partial charge in [0.05, 0.1) is 23.5 Å². The van der Waals surface area contributed by atoms with Crippen molar-refractivity contribution in [3.05, 3.63) is 45.4 Å². The molecule has 0 saturated carbocycles. The monoisotopic (exact) mass is 282 g/mol. The molecule has 2 aromatic heterocycles. The number of carboxylic acids is 1. The first-order valence-corrected chi connectivity index (χ1v) is 6.39. The molecular formula is C12H11ClN2O2S. The van der Waals surface area contributed by atoms with E-state index in [1.807, 2.05) is 24.1 Å². The maximum absolute atomic E-state index is 10.8. The second kappa shape index (κ2) is 5.37. The van der Waals surface area contributed by atoms with Gasteiger partial charge in [-0.3, -0.25) is 4.98 Å². The highest BCUT2D eigenvalue weighted by Gasteiger charge is 2.09. The number of hydrogen-bond donors (Lipinski definition) is 1. The molecule has 0 aliphatic carbocycles. The standard InChI is InChI=1S/C12H11ClN2O2S/c1-15(9-4-8(13)5-14-6-9)7-10-2-3-11(18-10)12(16)17/h2-6H,7H2,1H3,(H,16,17). The van der Waals surface area contributed by atoms with Gasteiger partial charge in [-0.25, -0.2) is 4.79 Å². The summed E-state index contributed by atoms with van der Waals surface area (Å²) in [5.41, 5.74) is 0.896. The number of carboxylic acid groups (broad SMARTS) is 1. The van der Waals surface area contributed by atoms with Crippen molar-refractivity contribution in [3.8, 4) is 0 Å². The Kier molecular flexibility index (Phi) is 3.84. The van der Waals surface area contributed by atoms with E-state index in [1.165, 1.54) is 11.3 Å². The Morgan fingerprint density at radius 2 is 2.28 bits per heavy atom. The lowest BCUT2D eigenvalue weighted by atomic mass is 10.3. The van der Waals surface area contributed by atoms with Gasteiger partial charge in [-0.15, -0.1) is 11.3 Å². The summed E-state index contributed by atoms with van der Waals surface area (Å²) >= 11 is 7.15. The van der Waals surface area contributed by atoms with E-state index < -0.39 is 5.97 Å². The second-order valence-corrected chi connectivity index (χ2v) is 5.39. The van der Waals surface area contributed by atoms with E-state index in [4.69, 9.17) is 16.7 Å². The minimum absolute atomic E-state index is 0.350. The van der Waals surface area contributed by atoms with Crippen molar-refractivity contribution in [2.75, 3.05) is 11.9 Å². The molecule has 2 rings (SSSR count). The highest BCUT2D eigenvalue weighted by atomic mass is 35.5. The normalized spacial score (nSPS) is 10.3. The summed E-state index contributed by atoms with van der Waals surface area (Å²) in [5.74, 6) is -0.890. The summed E-state index contributed by atoms with van der Waals surface area (Å²) in [6.07, 6.45) is 3.30. The third-order valence-corrected chi connectivity index (χ3v) is 3.66. The van der Waals surface area contributed by atoms with Gasteiger partial charge in [-0.05, 0) is 18.2 Å². The number of thiophene rings is 1. The number of anilines is 1. The molecule has 94 valence electrons. The van der Waals surface area contributed by atoms with E-state index in [0.717, 1.165) is 10.6 Å². The van der Waals surface area contributed by atoms with Crippen molar-refractivity contribution < 1.29 is 9.90 Å². The molecule has 2 heterocycles. The van der Waals surface area contributed by atoms with Crippen LogP contribution < -0.4 is 4.90 Å². The first kappa shape index (κ1) is 12.9. The minimum Gasteiger partial charge on any atom is -0.477 e. The predicted molar refractivity (Wildman–Crippen MR) is 72.6 cm³/mol. The Bertz CT molecular complexity index is 571. The van der Waals surface area contributed by atoms with Crippen LogP contribution in [0.15, 0.2) is 30.6 Å². The number of pyridine rings is 1. The van der Waals surface area contributed by atoms with Crippen LogP contribution in [0.4, 0.5) is 5.69 Å². The van der Waals surface area contributed by atoms with Gasteiger partial charge in [0.2, 0.25) is 0 Å². The molecule has 0 aliphatic rings. The second-order valence-electron chi connectivity index (χ2n) is 3.79. The van der Waals surface area contributed by atoms with E-state index in [0.29, 0.717) is 16.4 Å². The Labute approximate surface area is 113 Å². The molecular weight excluding hydrogens is 272 g/mol. The third-order valence-electron chi connectivity index (χ3n) is 2.40. The molecule has 0 aliphatic heterocycles. The van der Waals surface area contributed by atoms with Gasteiger partial charge in [-0.1, -0.05) is 11.6 Å². The number of hydrogen-bond acceptors (Lipinski definition) is 4. The van der Waals surface area contributed by atoms with Gasteiger partial charge >= 0.3 is 5.97 Å². The average Bonchev–Trinajstić information content (AvgIpc) is 2.77. The smallest absolute Gasteiger partial charge is 0.345 e. The van der Waals surface area contributed by atoms with E-state index in [2.05, 4.69) is 4.98 Å². The fourth-order valence-corrected chi connectivity index (χ4v) is 2.58. The Morgan fingerprint density at radius 3 is 2.89 bits per heavy atom. The SMILES string of the molecule is CN(Cc1ccc(C(=O)O)s1)c1cncc(Cl)c1. The fraction of sp³-hybridized carbons (Fsp3) is 0.167. The molecule has 0 aromatic carbocycles.